The van der Waals surface area contributed by atoms with E-state index in [1.54, 1.807) is 16.2 Å². The molecule has 210 valence electrons. The van der Waals surface area contributed by atoms with Crippen molar-refractivity contribution < 1.29 is 23.8 Å². The molecule has 2 aromatic carbocycles. The third-order valence-electron chi connectivity index (χ3n) is 6.77. The van der Waals surface area contributed by atoms with E-state index in [0.717, 1.165) is 28.0 Å². The summed E-state index contributed by atoms with van der Waals surface area (Å²) in [5.41, 5.74) is 1.71. The SMILES string of the molecule is Cn1c(C(=O)Nc2ccccc2COc2ccc(OCC3CCN(C(=O)OC(C)(C)C)C3)cc2)cc2ccsc21. The van der Waals surface area contributed by atoms with E-state index in [-0.39, 0.29) is 17.9 Å². The number of para-hydroxylation sites is 1. The molecule has 1 atom stereocenters. The molecule has 1 fully saturated rings. The molecule has 1 N–H and O–H groups in total. The van der Waals surface area contributed by atoms with Crippen molar-refractivity contribution in [2.24, 2.45) is 13.0 Å². The smallest absolute Gasteiger partial charge is 0.410 e. The van der Waals surface area contributed by atoms with E-state index in [4.69, 9.17) is 14.2 Å². The molecule has 2 aromatic heterocycles. The molecule has 5 rings (SSSR count). The number of rotatable bonds is 8. The maximum absolute atomic E-state index is 13.0. The number of carbonyl (C=O) groups is 2. The molecular weight excluding hydrogens is 526 g/mol. The van der Waals surface area contributed by atoms with E-state index in [2.05, 4.69) is 5.32 Å². The zero-order chi connectivity index (χ0) is 28.3. The van der Waals surface area contributed by atoms with Gasteiger partial charge in [0.25, 0.3) is 5.91 Å². The largest absolute Gasteiger partial charge is 0.493 e. The van der Waals surface area contributed by atoms with Crippen LogP contribution in [0.3, 0.4) is 0 Å². The summed E-state index contributed by atoms with van der Waals surface area (Å²) >= 11 is 1.62. The van der Waals surface area contributed by atoms with E-state index in [1.165, 1.54) is 0 Å². The second kappa shape index (κ2) is 11.6. The Kier molecular flexibility index (Phi) is 8.02. The Balaban J connectivity index is 1.12. The van der Waals surface area contributed by atoms with Crippen molar-refractivity contribution in [2.45, 2.75) is 39.4 Å². The van der Waals surface area contributed by atoms with Gasteiger partial charge in [-0.3, -0.25) is 4.79 Å². The van der Waals surface area contributed by atoms with Crippen molar-refractivity contribution in [3.8, 4) is 11.5 Å². The van der Waals surface area contributed by atoms with Crippen LogP contribution in [0.15, 0.2) is 66.0 Å². The number of hydrogen-bond acceptors (Lipinski definition) is 6. The summed E-state index contributed by atoms with van der Waals surface area (Å²) in [6.45, 7) is 7.78. The van der Waals surface area contributed by atoms with Gasteiger partial charge in [0, 0.05) is 42.7 Å². The summed E-state index contributed by atoms with van der Waals surface area (Å²) in [5.74, 6) is 1.56. The predicted octanol–water partition coefficient (Wildman–Crippen LogP) is 6.71. The Labute approximate surface area is 238 Å². The Morgan fingerprint density at radius 2 is 1.75 bits per heavy atom. The number of aryl methyl sites for hydroxylation is 1. The van der Waals surface area contributed by atoms with Gasteiger partial charge in [-0.25, -0.2) is 4.79 Å². The highest BCUT2D eigenvalue weighted by molar-refractivity contribution is 7.16. The van der Waals surface area contributed by atoms with Gasteiger partial charge < -0.3 is 29.0 Å². The first-order valence-electron chi connectivity index (χ1n) is 13.4. The third kappa shape index (κ3) is 6.59. The van der Waals surface area contributed by atoms with Gasteiger partial charge in [0.2, 0.25) is 0 Å². The molecular formula is C31H35N3O5S. The van der Waals surface area contributed by atoms with Gasteiger partial charge in [0.15, 0.2) is 0 Å². The summed E-state index contributed by atoms with van der Waals surface area (Å²) in [4.78, 5) is 28.1. The number of carbonyl (C=O) groups excluding carboxylic acids is 2. The number of nitrogens with one attached hydrogen (secondary N) is 1. The molecule has 1 saturated heterocycles. The number of aromatic nitrogens is 1. The first kappa shape index (κ1) is 27.6. The molecule has 0 bridgehead atoms. The number of likely N-dealkylation sites (tertiary alicyclic amines) is 1. The fourth-order valence-electron chi connectivity index (χ4n) is 4.69. The number of ether oxygens (including phenoxy) is 3. The summed E-state index contributed by atoms with van der Waals surface area (Å²) in [7, 11) is 1.91. The Morgan fingerprint density at radius 3 is 2.48 bits per heavy atom. The van der Waals surface area contributed by atoms with Gasteiger partial charge in [-0.05, 0) is 75.0 Å². The highest BCUT2D eigenvalue weighted by atomic mass is 32.1. The lowest BCUT2D eigenvalue weighted by molar-refractivity contribution is 0.0284. The van der Waals surface area contributed by atoms with Crippen LogP contribution in [0.5, 0.6) is 11.5 Å². The van der Waals surface area contributed by atoms with Crippen molar-refractivity contribution >= 4 is 39.2 Å². The summed E-state index contributed by atoms with van der Waals surface area (Å²) < 4.78 is 19.4. The van der Waals surface area contributed by atoms with Crippen LogP contribution in [0.4, 0.5) is 10.5 Å². The minimum Gasteiger partial charge on any atom is -0.493 e. The number of benzene rings is 2. The summed E-state index contributed by atoms with van der Waals surface area (Å²) in [6, 6.07) is 19.1. The van der Waals surface area contributed by atoms with Gasteiger partial charge in [0.1, 0.15) is 34.2 Å². The molecule has 0 aliphatic carbocycles. The molecule has 40 heavy (non-hydrogen) atoms. The summed E-state index contributed by atoms with van der Waals surface area (Å²) in [5, 5.41) is 6.13. The van der Waals surface area contributed by atoms with Crippen LogP contribution >= 0.6 is 11.3 Å². The van der Waals surface area contributed by atoms with E-state index in [0.29, 0.717) is 43.4 Å². The molecule has 1 aliphatic rings. The molecule has 0 spiro atoms. The maximum atomic E-state index is 13.0. The van der Waals surface area contributed by atoms with Crippen LogP contribution < -0.4 is 14.8 Å². The van der Waals surface area contributed by atoms with E-state index < -0.39 is 5.60 Å². The van der Waals surface area contributed by atoms with Crippen molar-refractivity contribution in [3.05, 3.63) is 77.3 Å². The second-order valence-corrected chi connectivity index (χ2v) is 11.9. The fourth-order valence-corrected chi connectivity index (χ4v) is 5.55. The van der Waals surface area contributed by atoms with Crippen molar-refractivity contribution in [2.75, 3.05) is 25.0 Å². The standard InChI is InChI=1S/C31H35N3O5S/c1-31(2,3)39-30(36)34-15-13-21(18-34)19-37-24-9-11-25(12-10-24)38-20-23-7-5-6-8-26(23)32-28(35)27-17-22-14-16-40-29(22)33(27)4/h5-12,14,16-17,21H,13,15,18-20H2,1-4H3,(H,32,35). The quantitative estimate of drug-likeness (QED) is 0.259. The van der Waals surface area contributed by atoms with Crippen LogP contribution in [0.2, 0.25) is 0 Å². The average molecular weight is 562 g/mol. The van der Waals surface area contributed by atoms with Crippen molar-refractivity contribution in [1.29, 1.82) is 0 Å². The summed E-state index contributed by atoms with van der Waals surface area (Å²) in [6.07, 6.45) is 0.621. The van der Waals surface area contributed by atoms with E-state index >= 15 is 0 Å². The third-order valence-corrected chi connectivity index (χ3v) is 7.78. The number of amides is 2. The second-order valence-electron chi connectivity index (χ2n) is 11.0. The minimum absolute atomic E-state index is 0.156. The van der Waals surface area contributed by atoms with Crippen molar-refractivity contribution in [1.82, 2.24) is 9.47 Å². The first-order valence-corrected chi connectivity index (χ1v) is 14.3. The normalized spacial score (nSPS) is 15.3. The molecule has 1 unspecified atom stereocenters. The van der Waals surface area contributed by atoms with Gasteiger partial charge in [-0.2, -0.15) is 0 Å². The van der Waals surface area contributed by atoms with Gasteiger partial charge in [-0.15, -0.1) is 11.3 Å². The van der Waals surface area contributed by atoms with Gasteiger partial charge in [0.05, 0.1) is 6.61 Å². The Morgan fingerprint density at radius 1 is 1.02 bits per heavy atom. The van der Waals surface area contributed by atoms with Crippen LogP contribution in [0.25, 0.3) is 10.2 Å². The molecule has 2 amide bonds. The molecule has 9 heteroatoms. The molecule has 1 aliphatic heterocycles. The number of hydrogen-bond donors (Lipinski definition) is 1. The Hall–Kier alpha value is -3.98. The molecule has 3 heterocycles. The molecule has 8 nitrogen and oxygen atoms in total. The van der Waals surface area contributed by atoms with Crippen LogP contribution in [0, 0.1) is 5.92 Å². The predicted molar refractivity (Wildman–Crippen MR) is 157 cm³/mol. The first-order chi connectivity index (χ1) is 19.2. The number of anilines is 1. The highest BCUT2D eigenvalue weighted by Crippen LogP contribution is 2.27. The zero-order valence-electron chi connectivity index (χ0n) is 23.3. The highest BCUT2D eigenvalue weighted by Gasteiger charge is 2.30. The number of thiophene rings is 1. The van der Waals surface area contributed by atoms with E-state index in [1.807, 2.05) is 98.4 Å². The van der Waals surface area contributed by atoms with E-state index in [9.17, 15) is 9.59 Å². The Bertz CT molecular complexity index is 1480. The van der Waals surface area contributed by atoms with Gasteiger partial charge >= 0.3 is 6.09 Å². The lowest BCUT2D eigenvalue weighted by Gasteiger charge is -2.24. The molecule has 0 saturated carbocycles. The number of nitrogens with zero attached hydrogens (tertiary/aromatic N) is 2. The van der Waals surface area contributed by atoms with Gasteiger partial charge in [-0.1, -0.05) is 18.2 Å². The molecule has 0 radical (unpaired) electrons. The topological polar surface area (TPSA) is 82.0 Å². The number of fused-ring (bicyclic) bond motifs is 1. The molecule has 4 aromatic rings. The zero-order valence-corrected chi connectivity index (χ0v) is 24.1. The average Bonchev–Trinajstić information content (AvgIpc) is 3.65. The lowest BCUT2D eigenvalue weighted by atomic mass is 10.1. The maximum Gasteiger partial charge on any atom is 0.410 e. The lowest BCUT2D eigenvalue weighted by Crippen LogP contribution is -2.35. The van der Waals surface area contributed by atoms with Crippen molar-refractivity contribution in [3.63, 3.8) is 0 Å². The fraction of sp³-hybridized carbons (Fsp3) is 0.355. The monoisotopic (exact) mass is 561 g/mol. The van der Waals surface area contributed by atoms with Crippen LogP contribution in [-0.2, 0) is 18.4 Å². The van der Waals surface area contributed by atoms with Crippen LogP contribution in [0.1, 0.15) is 43.2 Å². The minimum atomic E-state index is -0.495. The van der Waals surface area contributed by atoms with Crippen LogP contribution in [-0.4, -0.2) is 46.8 Å².